The van der Waals surface area contributed by atoms with Crippen molar-refractivity contribution in [3.63, 3.8) is 0 Å². The van der Waals surface area contributed by atoms with Crippen molar-refractivity contribution in [2.75, 3.05) is 17.7 Å². The quantitative estimate of drug-likeness (QED) is 0.552. The van der Waals surface area contributed by atoms with Crippen LogP contribution >= 0.6 is 21.6 Å². The molecular weight excluding hydrogens is 342 g/mol. The largest absolute Gasteiger partial charge is 0.376 e. The minimum Gasteiger partial charge on any atom is -0.376 e. The molecule has 1 aromatic rings. The van der Waals surface area contributed by atoms with Crippen LogP contribution in [0.15, 0.2) is 12.4 Å². The Hall–Kier alpha value is -0.660. The molecule has 0 aromatic carbocycles. The Labute approximate surface area is 152 Å². The highest BCUT2D eigenvalue weighted by molar-refractivity contribution is 8.77. The molecule has 0 saturated carbocycles. The molecule has 24 heavy (non-hydrogen) atoms. The monoisotopic (exact) mass is 369 g/mol. The second-order valence-electron chi connectivity index (χ2n) is 6.56. The van der Waals surface area contributed by atoms with E-state index in [-0.39, 0.29) is 12.0 Å². The van der Waals surface area contributed by atoms with Crippen molar-refractivity contribution in [3.8, 4) is 0 Å². The topological polar surface area (TPSA) is 56.2 Å². The van der Waals surface area contributed by atoms with Crippen molar-refractivity contribution in [2.24, 2.45) is 0 Å². The zero-order valence-corrected chi connectivity index (χ0v) is 15.7. The maximum absolute atomic E-state index is 12.0. The Morgan fingerprint density at radius 3 is 3.12 bits per heavy atom. The number of anilines is 1. The molecule has 2 atom stereocenters. The third-order valence-corrected chi connectivity index (χ3v) is 7.50. The van der Waals surface area contributed by atoms with Crippen LogP contribution in [-0.2, 0) is 16.1 Å². The van der Waals surface area contributed by atoms with Gasteiger partial charge in [0.05, 0.1) is 24.5 Å². The second kappa shape index (κ2) is 9.73. The number of amides is 1. The molecule has 0 radical (unpaired) electrons. The number of nitrogens with zero attached hydrogens (tertiary/aromatic N) is 2. The molecule has 1 aromatic heterocycles. The summed E-state index contributed by atoms with van der Waals surface area (Å²) in [5, 5.41) is 8.09. The molecule has 0 aliphatic carbocycles. The number of carbonyl (C=O) groups is 1. The molecule has 0 spiro atoms. The van der Waals surface area contributed by atoms with Crippen LogP contribution in [0, 0.1) is 0 Å². The Kier molecular flexibility index (Phi) is 7.35. The van der Waals surface area contributed by atoms with Gasteiger partial charge in [-0.2, -0.15) is 5.10 Å². The average Bonchev–Trinajstić information content (AvgIpc) is 3.25. The molecule has 2 aliphatic rings. The highest BCUT2D eigenvalue weighted by Gasteiger charge is 2.16. The molecule has 3 heterocycles. The van der Waals surface area contributed by atoms with Crippen LogP contribution in [0.3, 0.4) is 0 Å². The second-order valence-corrected chi connectivity index (χ2v) is 9.35. The van der Waals surface area contributed by atoms with Gasteiger partial charge in [-0.3, -0.25) is 9.48 Å². The fraction of sp³-hybridized carbons (Fsp3) is 0.765. The van der Waals surface area contributed by atoms with Crippen LogP contribution in [0.1, 0.15) is 51.4 Å². The number of rotatable bonds is 8. The van der Waals surface area contributed by atoms with Crippen LogP contribution in [0.5, 0.6) is 0 Å². The lowest BCUT2D eigenvalue weighted by atomic mass is 10.1. The fourth-order valence-electron chi connectivity index (χ4n) is 3.13. The van der Waals surface area contributed by atoms with Crippen molar-refractivity contribution in [1.82, 2.24) is 9.78 Å². The van der Waals surface area contributed by atoms with Gasteiger partial charge in [0.25, 0.3) is 0 Å². The molecule has 2 fully saturated rings. The molecule has 1 amide bonds. The molecule has 3 rings (SSSR count). The van der Waals surface area contributed by atoms with Gasteiger partial charge in [0.1, 0.15) is 0 Å². The number of hydrogen-bond acceptors (Lipinski definition) is 5. The highest BCUT2D eigenvalue weighted by Crippen LogP contribution is 2.39. The van der Waals surface area contributed by atoms with Crippen LogP contribution in [0.25, 0.3) is 0 Å². The van der Waals surface area contributed by atoms with E-state index in [2.05, 4.69) is 10.4 Å². The minimum atomic E-state index is 0.0944. The van der Waals surface area contributed by atoms with Gasteiger partial charge in [-0.05, 0) is 38.5 Å². The van der Waals surface area contributed by atoms with E-state index >= 15 is 0 Å². The normalized spacial score (nSPS) is 24.2. The third kappa shape index (κ3) is 6.01. The van der Waals surface area contributed by atoms with Gasteiger partial charge in [0, 0.05) is 30.2 Å². The predicted octanol–water partition coefficient (Wildman–Crippen LogP) is 4.10. The first-order chi connectivity index (χ1) is 11.8. The smallest absolute Gasteiger partial charge is 0.224 e. The van der Waals surface area contributed by atoms with Gasteiger partial charge in [0.15, 0.2) is 0 Å². The molecule has 2 unspecified atom stereocenters. The van der Waals surface area contributed by atoms with Crippen LogP contribution in [-0.4, -0.2) is 39.4 Å². The summed E-state index contributed by atoms with van der Waals surface area (Å²) < 4.78 is 7.60. The number of aromatic nitrogens is 2. The number of unbranched alkanes of at least 4 members (excludes halogenated alkanes) is 1. The summed E-state index contributed by atoms with van der Waals surface area (Å²) in [6.07, 6.45) is 12.7. The average molecular weight is 370 g/mol. The maximum Gasteiger partial charge on any atom is 0.224 e. The number of hydrogen-bond donors (Lipinski definition) is 1. The van der Waals surface area contributed by atoms with E-state index in [1.807, 2.05) is 32.5 Å². The van der Waals surface area contributed by atoms with Crippen LogP contribution in [0.4, 0.5) is 5.69 Å². The maximum atomic E-state index is 12.0. The van der Waals surface area contributed by atoms with E-state index in [0.29, 0.717) is 6.42 Å². The molecule has 1 N–H and O–H groups in total. The number of carbonyl (C=O) groups excluding carboxylic acids is 1. The van der Waals surface area contributed by atoms with Gasteiger partial charge in [-0.1, -0.05) is 28.0 Å². The van der Waals surface area contributed by atoms with Gasteiger partial charge < -0.3 is 10.1 Å². The fourth-order valence-corrected chi connectivity index (χ4v) is 6.16. The lowest BCUT2D eigenvalue weighted by Gasteiger charge is -2.22. The first-order valence-electron chi connectivity index (χ1n) is 9.02. The molecule has 2 saturated heterocycles. The molecule has 5 nitrogen and oxygen atoms in total. The third-order valence-electron chi connectivity index (χ3n) is 4.49. The summed E-state index contributed by atoms with van der Waals surface area (Å²) >= 11 is 0. The van der Waals surface area contributed by atoms with E-state index in [9.17, 15) is 4.79 Å². The standard InChI is InChI=1S/C17H27N3O2S2/c21-17(7-2-1-6-16-8-10-23-24-16)19-14-11-18-20(12-14)13-15-5-3-4-9-22-15/h11-12,15-16H,1-10,13H2,(H,19,21). The van der Waals surface area contributed by atoms with E-state index in [4.69, 9.17) is 4.74 Å². The summed E-state index contributed by atoms with van der Waals surface area (Å²) in [5.74, 6) is 1.38. The predicted molar refractivity (Wildman–Crippen MR) is 101 cm³/mol. The van der Waals surface area contributed by atoms with Crippen LogP contribution in [0.2, 0.25) is 0 Å². The van der Waals surface area contributed by atoms with Gasteiger partial charge in [-0.15, -0.1) is 0 Å². The minimum absolute atomic E-state index is 0.0944. The SMILES string of the molecule is O=C(CCCCC1CCSS1)Nc1cnn(CC2CCCCO2)c1. The van der Waals surface area contributed by atoms with E-state index in [1.54, 1.807) is 6.20 Å². The Morgan fingerprint density at radius 1 is 1.38 bits per heavy atom. The van der Waals surface area contributed by atoms with E-state index in [0.717, 1.165) is 49.8 Å². The summed E-state index contributed by atoms with van der Waals surface area (Å²) in [4.78, 5) is 12.0. The number of nitrogens with one attached hydrogen (secondary N) is 1. The van der Waals surface area contributed by atoms with Crippen molar-refractivity contribution in [1.29, 1.82) is 0 Å². The highest BCUT2D eigenvalue weighted by atomic mass is 33.1. The summed E-state index contributed by atoms with van der Waals surface area (Å²) in [6, 6.07) is 0. The summed E-state index contributed by atoms with van der Waals surface area (Å²) in [5.41, 5.74) is 0.790. The zero-order chi connectivity index (χ0) is 16.6. The van der Waals surface area contributed by atoms with Gasteiger partial charge >= 0.3 is 0 Å². The van der Waals surface area contributed by atoms with E-state index < -0.39 is 0 Å². The van der Waals surface area contributed by atoms with E-state index in [1.165, 1.54) is 25.0 Å². The lowest BCUT2D eigenvalue weighted by Crippen LogP contribution is -2.24. The van der Waals surface area contributed by atoms with Crippen molar-refractivity contribution in [2.45, 2.75) is 69.3 Å². The summed E-state index contributed by atoms with van der Waals surface area (Å²) in [7, 11) is 4.00. The Bertz CT molecular complexity index is 512. The summed E-state index contributed by atoms with van der Waals surface area (Å²) in [6.45, 7) is 1.63. The molecule has 0 bridgehead atoms. The molecule has 134 valence electrons. The van der Waals surface area contributed by atoms with Crippen molar-refractivity contribution in [3.05, 3.63) is 12.4 Å². The van der Waals surface area contributed by atoms with Gasteiger partial charge in [0.2, 0.25) is 5.91 Å². The van der Waals surface area contributed by atoms with Gasteiger partial charge in [-0.25, -0.2) is 0 Å². The van der Waals surface area contributed by atoms with Crippen molar-refractivity contribution >= 4 is 33.2 Å². The van der Waals surface area contributed by atoms with Crippen LogP contribution < -0.4 is 5.32 Å². The first-order valence-corrected chi connectivity index (χ1v) is 11.4. The molecular formula is C17H27N3O2S2. The Balaban J connectivity index is 1.32. The molecule has 2 aliphatic heterocycles. The first kappa shape index (κ1) is 18.1. The Morgan fingerprint density at radius 2 is 2.33 bits per heavy atom. The van der Waals surface area contributed by atoms with Crippen molar-refractivity contribution < 1.29 is 9.53 Å². The lowest BCUT2D eigenvalue weighted by molar-refractivity contribution is -0.116. The number of ether oxygens (including phenoxy) is 1. The molecule has 7 heteroatoms. The zero-order valence-electron chi connectivity index (χ0n) is 14.1.